The molecule has 0 aliphatic rings. The largest absolute Gasteiger partial charge is 0.359 e. The number of aromatic nitrogens is 6. The highest BCUT2D eigenvalue weighted by atomic mass is 16.5. The lowest BCUT2D eigenvalue weighted by Gasteiger charge is -2.16. The van der Waals surface area contributed by atoms with Crippen LogP contribution in [0, 0.1) is 0 Å². The zero-order valence-electron chi connectivity index (χ0n) is 14.1. The van der Waals surface area contributed by atoms with Gasteiger partial charge in [0, 0.05) is 24.0 Å². The summed E-state index contributed by atoms with van der Waals surface area (Å²) in [5.41, 5.74) is 2.28. The molecule has 9 heteroatoms. The van der Waals surface area contributed by atoms with E-state index in [-0.39, 0.29) is 12.5 Å². The Morgan fingerprint density at radius 2 is 2.07 bits per heavy atom. The van der Waals surface area contributed by atoms with Gasteiger partial charge in [-0.15, -0.1) is 5.10 Å². The van der Waals surface area contributed by atoms with Gasteiger partial charge in [0.25, 0.3) is 0 Å². The summed E-state index contributed by atoms with van der Waals surface area (Å²) in [6, 6.07) is 14.1. The number of nitrogens with one attached hydrogen (secondary N) is 1. The normalized spacial score (nSPS) is 11.9. The Labute approximate surface area is 154 Å². The molecule has 1 N–H and O–H groups in total. The predicted molar refractivity (Wildman–Crippen MR) is 94.0 cm³/mol. The molecule has 0 aliphatic carbocycles. The first-order valence-corrected chi connectivity index (χ1v) is 8.22. The van der Waals surface area contributed by atoms with Gasteiger partial charge < -0.3 is 9.84 Å². The number of rotatable bonds is 6. The van der Waals surface area contributed by atoms with E-state index < -0.39 is 6.04 Å². The topological polar surface area (TPSA) is 112 Å². The van der Waals surface area contributed by atoms with E-state index in [4.69, 9.17) is 4.52 Å². The molecule has 0 bridgehead atoms. The fraction of sp³-hybridized carbons (Fsp3) is 0.111. The lowest BCUT2D eigenvalue weighted by atomic mass is 10.1. The zero-order valence-corrected chi connectivity index (χ0v) is 14.1. The molecule has 0 fully saturated rings. The van der Waals surface area contributed by atoms with Gasteiger partial charge in [-0.05, 0) is 28.1 Å². The maximum Gasteiger partial charge on any atom is 0.249 e. The molecule has 4 rings (SSSR count). The van der Waals surface area contributed by atoms with Crippen molar-refractivity contribution in [3.63, 3.8) is 0 Å². The molecule has 0 unspecified atom stereocenters. The summed E-state index contributed by atoms with van der Waals surface area (Å²) in [7, 11) is 0. The van der Waals surface area contributed by atoms with E-state index in [1.165, 1.54) is 11.0 Å². The highest BCUT2D eigenvalue weighted by molar-refractivity contribution is 5.83. The van der Waals surface area contributed by atoms with Gasteiger partial charge in [0.05, 0.1) is 6.54 Å². The number of benzene rings is 1. The van der Waals surface area contributed by atoms with Crippen LogP contribution in [-0.4, -0.2) is 36.3 Å². The van der Waals surface area contributed by atoms with Gasteiger partial charge in [0.15, 0.2) is 11.8 Å². The van der Waals surface area contributed by atoms with Crippen molar-refractivity contribution >= 4 is 5.91 Å². The molecule has 3 aromatic heterocycles. The average Bonchev–Trinajstić information content (AvgIpc) is 3.41. The fourth-order valence-corrected chi connectivity index (χ4v) is 2.66. The van der Waals surface area contributed by atoms with Crippen molar-refractivity contribution in [2.75, 3.05) is 0 Å². The number of carbonyl (C=O) groups is 1. The van der Waals surface area contributed by atoms with Crippen molar-refractivity contribution in [2.24, 2.45) is 0 Å². The molecule has 4 aromatic rings. The molecule has 1 atom stereocenters. The number of amides is 1. The lowest BCUT2D eigenvalue weighted by Crippen LogP contribution is -2.33. The molecule has 27 heavy (non-hydrogen) atoms. The smallest absolute Gasteiger partial charge is 0.249 e. The lowest BCUT2D eigenvalue weighted by molar-refractivity contribution is -0.123. The maximum atomic E-state index is 12.8. The van der Waals surface area contributed by atoms with Gasteiger partial charge in [0.1, 0.15) is 12.0 Å². The summed E-state index contributed by atoms with van der Waals surface area (Å²) in [4.78, 5) is 16.8. The van der Waals surface area contributed by atoms with Gasteiger partial charge in [-0.2, -0.15) is 0 Å². The molecule has 0 radical (unpaired) electrons. The average molecular weight is 361 g/mol. The van der Waals surface area contributed by atoms with E-state index in [0.717, 1.165) is 11.1 Å². The second kappa shape index (κ2) is 7.56. The summed E-state index contributed by atoms with van der Waals surface area (Å²) >= 11 is 0. The third-order valence-corrected chi connectivity index (χ3v) is 3.95. The summed E-state index contributed by atoms with van der Waals surface area (Å²) < 4.78 is 6.71. The van der Waals surface area contributed by atoms with Crippen molar-refractivity contribution < 1.29 is 9.32 Å². The van der Waals surface area contributed by atoms with Crippen LogP contribution >= 0.6 is 0 Å². The molecular weight excluding hydrogens is 346 g/mol. The Kier molecular flexibility index (Phi) is 4.64. The monoisotopic (exact) mass is 361 g/mol. The second-order valence-electron chi connectivity index (χ2n) is 5.74. The summed E-state index contributed by atoms with van der Waals surface area (Å²) in [6.07, 6.45) is 4.79. The second-order valence-corrected chi connectivity index (χ2v) is 5.74. The third-order valence-electron chi connectivity index (χ3n) is 3.95. The minimum absolute atomic E-state index is 0.192. The van der Waals surface area contributed by atoms with E-state index in [9.17, 15) is 4.79 Å². The van der Waals surface area contributed by atoms with Crippen LogP contribution in [0.5, 0.6) is 0 Å². The number of pyridine rings is 1. The van der Waals surface area contributed by atoms with E-state index in [1.54, 1.807) is 18.5 Å². The van der Waals surface area contributed by atoms with E-state index in [2.05, 4.69) is 31.0 Å². The van der Waals surface area contributed by atoms with Crippen LogP contribution in [-0.2, 0) is 11.3 Å². The molecule has 9 nitrogen and oxygen atoms in total. The molecule has 1 amide bonds. The van der Waals surface area contributed by atoms with Crippen LogP contribution in [0.1, 0.15) is 17.4 Å². The maximum absolute atomic E-state index is 12.8. The Bertz CT molecular complexity index is 1000. The first kappa shape index (κ1) is 16.6. The molecular formula is C18H15N7O2. The molecule has 0 saturated heterocycles. The Morgan fingerprint density at radius 1 is 1.19 bits per heavy atom. The quantitative estimate of drug-likeness (QED) is 0.555. The molecule has 1 aromatic carbocycles. The van der Waals surface area contributed by atoms with Crippen LogP contribution in [0.25, 0.3) is 11.3 Å². The summed E-state index contributed by atoms with van der Waals surface area (Å²) in [5.74, 6) is 0.276. The van der Waals surface area contributed by atoms with E-state index in [0.29, 0.717) is 11.5 Å². The fourth-order valence-electron chi connectivity index (χ4n) is 2.66. The van der Waals surface area contributed by atoms with Crippen LogP contribution in [0.4, 0.5) is 0 Å². The van der Waals surface area contributed by atoms with Crippen molar-refractivity contribution in [1.82, 2.24) is 35.7 Å². The summed E-state index contributed by atoms with van der Waals surface area (Å²) in [5, 5.41) is 18.0. The predicted octanol–water partition coefficient (Wildman–Crippen LogP) is 1.63. The van der Waals surface area contributed by atoms with Crippen molar-refractivity contribution in [3.05, 3.63) is 78.6 Å². The first-order chi connectivity index (χ1) is 13.3. The highest BCUT2D eigenvalue weighted by Gasteiger charge is 2.24. The molecule has 0 aliphatic heterocycles. The van der Waals surface area contributed by atoms with Gasteiger partial charge >= 0.3 is 0 Å². The van der Waals surface area contributed by atoms with Gasteiger partial charge in [-0.25, -0.2) is 4.68 Å². The Hall–Kier alpha value is -3.88. The van der Waals surface area contributed by atoms with Crippen LogP contribution < -0.4 is 5.32 Å². The van der Waals surface area contributed by atoms with Gasteiger partial charge in [-0.3, -0.25) is 9.78 Å². The van der Waals surface area contributed by atoms with Gasteiger partial charge in [0.2, 0.25) is 5.91 Å². The Morgan fingerprint density at radius 3 is 2.81 bits per heavy atom. The van der Waals surface area contributed by atoms with E-state index >= 15 is 0 Å². The number of carbonyl (C=O) groups excluding carboxylic acids is 1. The van der Waals surface area contributed by atoms with Crippen LogP contribution in [0.15, 0.2) is 71.8 Å². The molecule has 134 valence electrons. The highest BCUT2D eigenvalue weighted by Crippen LogP contribution is 2.19. The number of hydrogen-bond donors (Lipinski definition) is 1. The number of tetrazole rings is 1. The van der Waals surface area contributed by atoms with E-state index in [1.807, 2.05) is 42.5 Å². The number of nitrogens with zero attached hydrogens (tertiary/aromatic N) is 6. The minimum atomic E-state index is -0.679. The Balaban J connectivity index is 1.48. The minimum Gasteiger partial charge on any atom is -0.359 e. The van der Waals surface area contributed by atoms with Crippen molar-refractivity contribution in [3.8, 4) is 11.3 Å². The molecule has 3 heterocycles. The van der Waals surface area contributed by atoms with Crippen LogP contribution in [0.3, 0.4) is 0 Å². The standard InChI is InChI=1S/C18H15N7O2/c26-18(17(25-12-21-23-24-25)13-5-2-1-3-6-13)20-11-15-9-16(22-27-15)14-7-4-8-19-10-14/h1-10,12,17H,11H2,(H,20,26)/t17-/m1/s1. The first-order valence-electron chi connectivity index (χ1n) is 8.22. The van der Waals surface area contributed by atoms with Crippen molar-refractivity contribution in [1.29, 1.82) is 0 Å². The number of hydrogen-bond acceptors (Lipinski definition) is 7. The van der Waals surface area contributed by atoms with Crippen LogP contribution in [0.2, 0.25) is 0 Å². The zero-order chi connectivity index (χ0) is 18.5. The SMILES string of the molecule is O=C(NCc1cc(-c2cccnc2)no1)[C@@H](c1ccccc1)n1cnnn1. The summed E-state index contributed by atoms with van der Waals surface area (Å²) in [6.45, 7) is 0.192. The van der Waals surface area contributed by atoms with Gasteiger partial charge in [-0.1, -0.05) is 35.5 Å². The van der Waals surface area contributed by atoms with Crippen molar-refractivity contribution in [2.45, 2.75) is 12.6 Å². The molecule has 0 spiro atoms. The third kappa shape index (κ3) is 3.71. The molecule has 0 saturated carbocycles.